The standard InChI is InChI=1S/C9H10N4O4/c10-6-2-1-5(4-8(6)13(16)17)3-7(12-11)9(14)15/h1-2,4,7,11H,3,10H2,(H,14,15). The Morgan fingerprint density at radius 1 is 1.65 bits per heavy atom. The molecule has 0 bridgehead atoms. The minimum atomic E-state index is -1.25. The predicted octanol–water partition coefficient (Wildman–Crippen LogP) is 1.20. The van der Waals surface area contributed by atoms with Crippen LogP contribution in [-0.4, -0.2) is 22.0 Å². The first kappa shape index (κ1) is 12.6. The maximum absolute atomic E-state index is 10.6. The van der Waals surface area contributed by atoms with E-state index < -0.39 is 16.9 Å². The van der Waals surface area contributed by atoms with E-state index in [0.717, 1.165) is 0 Å². The van der Waals surface area contributed by atoms with Crippen molar-refractivity contribution in [3.05, 3.63) is 33.9 Å². The molecule has 1 rings (SSSR count). The van der Waals surface area contributed by atoms with E-state index in [9.17, 15) is 14.9 Å². The SMILES string of the molecule is N=NC(Cc1ccc(N)c([N+](=O)[O-])c1)C(=O)O. The van der Waals surface area contributed by atoms with Gasteiger partial charge in [0, 0.05) is 12.5 Å². The highest BCUT2D eigenvalue weighted by Gasteiger charge is 2.19. The summed E-state index contributed by atoms with van der Waals surface area (Å²) in [5, 5.41) is 22.2. The van der Waals surface area contributed by atoms with Gasteiger partial charge >= 0.3 is 5.97 Å². The van der Waals surface area contributed by atoms with Gasteiger partial charge in [-0.15, -0.1) is 0 Å². The van der Waals surface area contributed by atoms with Crippen LogP contribution in [0.15, 0.2) is 23.3 Å². The van der Waals surface area contributed by atoms with E-state index in [1.807, 2.05) is 0 Å². The van der Waals surface area contributed by atoms with Crippen molar-refractivity contribution in [2.24, 2.45) is 5.11 Å². The lowest BCUT2D eigenvalue weighted by atomic mass is 10.1. The van der Waals surface area contributed by atoms with Gasteiger partial charge in [-0.2, -0.15) is 5.11 Å². The molecule has 90 valence electrons. The summed E-state index contributed by atoms with van der Waals surface area (Å²) in [6, 6.07) is 2.76. The molecule has 0 fully saturated rings. The number of hydrogen-bond acceptors (Lipinski definition) is 6. The molecule has 1 unspecified atom stereocenters. The summed E-state index contributed by atoms with van der Waals surface area (Å²) in [5.41, 5.74) is 12.2. The Morgan fingerprint density at radius 2 is 2.29 bits per heavy atom. The number of nitrogen functional groups attached to an aromatic ring is 1. The number of nitrogens with two attached hydrogens (primary N) is 1. The van der Waals surface area contributed by atoms with Gasteiger partial charge in [0.05, 0.1) is 4.92 Å². The Kier molecular flexibility index (Phi) is 3.70. The fraction of sp³-hybridized carbons (Fsp3) is 0.222. The second-order valence-corrected chi connectivity index (χ2v) is 3.34. The molecule has 0 amide bonds. The zero-order valence-electron chi connectivity index (χ0n) is 8.66. The minimum Gasteiger partial charge on any atom is -0.480 e. The number of anilines is 1. The number of carbonyl (C=O) groups is 1. The molecule has 17 heavy (non-hydrogen) atoms. The van der Waals surface area contributed by atoms with Crippen LogP contribution in [0.2, 0.25) is 0 Å². The lowest BCUT2D eigenvalue weighted by Gasteiger charge is -2.06. The fourth-order valence-electron chi connectivity index (χ4n) is 1.29. The lowest BCUT2D eigenvalue weighted by Crippen LogP contribution is -2.19. The molecule has 1 aromatic carbocycles. The molecule has 0 aliphatic rings. The number of carboxylic acid groups (broad SMARTS) is 1. The van der Waals surface area contributed by atoms with E-state index in [4.69, 9.17) is 16.4 Å². The van der Waals surface area contributed by atoms with Crippen molar-refractivity contribution in [2.75, 3.05) is 5.73 Å². The van der Waals surface area contributed by atoms with Crippen molar-refractivity contribution in [1.82, 2.24) is 0 Å². The maximum atomic E-state index is 10.6. The summed E-state index contributed by atoms with van der Waals surface area (Å²) >= 11 is 0. The van der Waals surface area contributed by atoms with Crippen LogP contribution in [0.5, 0.6) is 0 Å². The Labute approximate surface area is 95.7 Å². The van der Waals surface area contributed by atoms with Crippen LogP contribution >= 0.6 is 0 Å². The molecule has 0 aliphatic carbocycles. The smallest absolute Gasteiger partial charge is 0.330 e. The van der Waals surface area contributed by atoms with E-state index in [-0.39, 0.29) is 17.8 Å². The summed E-state index contributed by atoms with van der Waals surface area (Å²) in [6.45, 7) is 0. The first-order valence-corrected chi connectivity index (χ1v) is 4.58. The van der Waals surface area contributed by atoms with E-state index in [1.165, 1.54) is 18.2 Å². The number of nitro benzene ring substituents is 1. The number of rotatable bonds is 5. The predicted molar refractivity (Wildman–Crippen MR) is 57.8 cm³/mol. The van der Waals surface area contributed by atoms with Crippen molar-refractivity contribution in [3.63, 3.8) is 0 Å². The molecule has 0 heterocycles. The second-order valence-electron chi connectivity index (χ2n) is 3.34. The van der Waals surface area contributed by atoms with Crippen LogP contribution in [0.25, 0.3) is 0 Å². The van der Waals surface area contributed by atoms with Crippen LogP contribution in [0.3, 0.4) is 0 Å². The summed E-state index contributed by atoms with van der Waals surface area (Å²) in [6.07, 6.45) is -0.0834. The van der Waals surface area contributed by atoms with Crippen LogP contribution in [-0.2, 0) is 11.2 Å². The van der Waals surface area contributed by atoms with Crippen molar-refractivity contribution < 1.29 is 14.8 Å². The van der Waals surface area contributed by atoms with Gasteiger partial charge in [0.1, 0.15) is 5.69 Å². The molecule has 0 aromatic heterocycles. The maximum Gasteiger partial charge on any atom is 0.330 e. The molecule has 8 nitrogen and oxygen atoms in total. The van der Waals surface area contributed by atoms with E-state index in [2.05, 4.69) is 5.11 Å². The minimum absolute atomic E-state index is 0.00781. The van der Waals surface area contributed by atoms with Crippen LogP contribution in [0.4, 0.5) is 11.4 Å². The highest BCUT2D eigenvalue weighted by atomic mass is 16.6. The molecule has 0 saturated carbocycles. The van der Waals surface area contributed by atoms with Gasteiger partial charge in [0.15, 0.2) is 6.04 Å². The Bertz CT molecular complexity index is 474. The Balaban J connectivity index is 3.00. The Hall–Kier alpha value is -2.51. The number of nitrogens with one attached hydrogen (secondary N) is 1. The Morgan fingerprint density at radius 3 is 2.76 bits per heavy atom. The summed E-state index contributed by atoms with van der Waals surface area (Å²) in [7, 11) is 0. The molecular formula is C9H10N4O4. The van der Waals surface area contributed by atoms with Crippen molar-refractivity contribution >= 4 is 17.3 Å². The molecule has 8 heteroatoms. The number of carboxylic acids is 1. The molecule has 0 aliphatic heterocycles. The zero-order valence-corrected chi connectivity index (χ0v) is 8.66. The van der Waals surface area contributed by atoms with Crippen molar-refractivity contribution in [2.45, 2.75) is 12.5 Å². The van der Waals surface area contributed by atoms with E-state index in [1.54, 1.807) is 0 Å². The molecule has 1 atom stereocenters. The van der Waals surface area contributed by atoms with Gasteiger partial charge in [0.25, 0.3) is 5.69 Å². The third-order valence-electron chi connectivity index (χ3n) is 2.16. The summed E-state index contributed by atoms with van der Waals surface area (Å²) in [5.74, 6) is -1.25. The van der Waals surface area contributed by atoms with Crippen molar-refractivity contribution in [3.8, 4) is 0 Å². The van der Waals surface area contributed by atoms with Gasteiger partial charge < -0.3 is 10.8 Å². The van der Waals surface area contributed by atoms with E-state index >= 15 is 0 Å². The molecule has 1 aromatic rings. The normalized spacial score (nSPS) is 11.8. The van der Waals surface area contributed by atoms with Crippen LogP contribution in [0, 0.1) is 15.6 Å². The summed E-state index contributed by atoms with van der Waals surface area (Å²) in [4.78, 5) is 20.6. The largest absolute Gasteiger partial charge is 0.480 e. The quantitative estimate of drug-likeness (QED) is 0.305. The van der Waals surface area contributed by atoms with Crippen LogP contribution in [0.1, 0.15) is 5.56 Å². The average molecular weight is 238 g/mol. The van der Waals surface area contributed by atoms with Gasteiger partial charge in [0.2, 0.25) is 0 Å². The third kappa shape index (κ3) is 2.97. The fourth-order valence-corrected chi connectivity index (χ4v) is 1.29. The number of nitrogens with zero attached hydrogens (tertiary/aromatic N) is 2. The van der Waals surface area contributed by atoms with Crippen LogP contribution < -0.4 is 5.73 Å². The zero-order chi connectivity index (χ0) is 13.0. The van der Waals surface area contributed by atoms with Gasteiger partial charge in [-0.3, -0.25) is 10.1 Å². The van der Waals surface area contributed by atoms with Crippen molar-refractivity contribution in [1.29, 1.82) is 5.53 Å². The molecule has 0 saturated heterocycles. The van der Waals surface area contributed by atoms with Gasteiger partial charge in [-0.25, -0.2) is 10.3 Å². The lowest BCUT2D eigenvalue weighted by molar-refractivity contribution is -0.384. The molecular weight excluding hydrogens is 228 g/mol. The van der Waals surface area contributed by atoms with Gasteiger partial charge in [-0.1, -0.05) is 6.07 Å². The second kappa shape index (κ2) is 5.01. The molecule has 0 spiro atoms. The number of nitro groups is 1. The number of hydrogen-bond donors (Lipinski definition) is 3. The first-order chi connectivity index (χ1) is 7.95. The third-order valence-corrected chi connectivity index (χ3v) is 2.16. The molecule has 4 N–H and O–H groups in total. The summed E-state index contributed by atoms with van der Waals surface area (Å²) < 4.78 is 0. The number of benzene rings is 1. The topological polar surface area (TPSA) is 143 Å². The highest BCUT2D eigenvalue weighted by molar-refractivity contribution is 5.74. The average Bonchev–Trinajstić information content (AvgIpc) is 2.27. The monoisotopic (exact) mass is 238 g/mol. The van der Waals surface area contributed by atoms with E-state index in [0.29, 0.717) is 5.56 Å². The molecule has 0 radical (unpaired) electrons. The highest BCUT2D eigenvalue weighted by Crippen LogP contribution is 2.23. The van der Waals surface area contributed by atoms with Gasteiger partial charge in [-0.05, 0) is 11.6 Å². The number of aliphatic carboxylic acids is 1. The first-order valence-electron chi connectivity index (χ1n) is 4.58.